The van der Waals surface area contributed by atoms with Gasteiger partial charge in [-0.3, -0.25) is 9.59 Å². The van der Waals surface area contributed by atoms with Gasteiger partial charge in [-0.15, -0.1) is 0 Å². The first kappa shape index (κ1) is 17.2. The largest absolute Gasteiger partial charge is 0.459 e. The maximum atomic E-state index is 11.5. The molecule has 0 fully saturated rings. The molecule has 2 N–H and O–H groups in total. The highest BCUT2D eigenvalue weighted by molar-refractivity contribution is 7.88. The van der Waals surface area contributed by atoms with Gasteiger partial charge in [0.1, 0.15) is 0 Å². The number of furan rings is 1. The molecule has 0 aromatic carbocycles. The molecule has 0 aliphatic heterocycles. The van der Waals surface area contributed by atoms with Crippen LogP contribution in [0.5, 0.6) is 0 Å². The second-order valence-corrected chi connectivity index (χ2v) is 6.54. The van der Waals surface area contributed by atoms with E-state index >= 15 is 0 Å². The van der Waals surface area contributed by atoms with Crippen molar-refractivity contribution in [2.45, 2.75) is 6.42 Å². The van der Waals surface area contributed by atoms with Gasteiger partial charge in [-0.2, -0.15) is 0 Å². The first-order valence-electron chi connectivity index (χ1n) is 6.30. The fourth-order valence-electron chi connectivity index (χ4n) is 1.41. The van der Waals surface area contributed by atoms with E-state index < -0.39 is 15.9 Å². The number of hydrogen-bond donors (Lipinski definition) is 2. The lowest BCUT2D eigenvalue weighted by Gasteiger charge is -2.13. The molecule has 0 saturated heterocycles. The van der Waals surface area contributed by atoms with E-state index in [1.807, 2.05) is 0 Å². The third-order valence-electron chi connectivity index (χ3n) is 2.69. The maximum Gasteiger partial charge on any atom is 0.287 e. The molecule has 0 atom stereocenters. The van der Waals surface area contributed by atoms with E-state index in [9.17, 15) is 18.0 Å². The average Bonchev–Trinajstić information content (AvgIpc) is 2.93. The highest BCUT2D eigenvalue weighted by atomic mass is 32.2. The number of nitrogens with one attached hydrogen (secondary N) is 2. The van der Waals surface area contributed by atoms with Crippen LogP contribution in [-0.4, -0.2) is 57.5 Å². The molecule has 21 heavy (non-hydrogen) atoms. The SMILES string of the molecule is CN(CCCNC(=O)CNC(=O)c1ccco1)S(C)(=O)=O. The van der Waals surface area contributed by atoms with Crippen molar-refractivity contribution >= 4 is 21.8 Å². The standard InChI is InChI=1S/C12H19N3O5S/c1-15(21(2,18)19)7-4-6-13-11(16)9-14-12(17)10-5-3-8-20-10/h3,5,8H,4,6-7,9H2,1-2H3,(H,13,16)(H,14,17). The molecule has 8 nitrogen and oxygen atoms in total. The number of amides is 2. The van der Waals surface area contributed by atoms with E-state index in [-0.39, 0.29) is 18.2 Å². The second-order valence-electron chi connectivity index (χ2n) is 4.45. The Labute approximate surface area is 123 Å². The molecule has 0 saturated carbocycles. The lowest BCUT2D eigenvalue weighted by molar-refractivity contribution is -0.120. The Hall–Kier alpha value is -1.87. The second kappa shape index (κ2) is 7.79. The lowest BCUT2D eigenvalue weighted by Crippen LogP contribution is -2.38. The number of rotatable bonds is 8. The number of hydrogen-bond acceptors (Lipinski definition) is 5. The zero-order valence-corrected chi connectivity index (χ0v) is 12.8. The van der Waals surface area contributed by atoms with Crippen LogP contribution in [0.25, 0.3) is 0 Å². The van der Waals surface area contributed by atoms with Gasteiger partial charge in [-0.05, 0) is 18.6 Å². The predicted octanol–water partition coefficient (Wildman–Crippen LogP) is -0.593. The Kier molecular flexibility index (Phi) is 6.38. The Balaban J connectivity index is 2.16. The van der Waals surface area contributed by atoms with Gasteiger partial charge in [0.05, 0.1) is 19.1 Å². The summed E-state index contributed by atoms with van der Waals surface area (Å²) in [6, 6.07) is 3.07. The molecule has 0 radical (unpaired) electrons. The third-order valence-corrected chi connectivity index (χ3v) is 4.01. The summed E-state index contributed by atoms with van der Waals surface area (Å²) in [4.78, 5) is 23.0. The van der Waals surface area contributed by atoms with Gasteiger partial charge in [0.15, 0.2) is 5.76 Å². The molecule has 0 aliphatic rings. The van der Waals surface area contributed by atoms with Gasteiger partial charge in [-0.1, -0.05) is 0 Å². The van der Waals surface area contributed by atoms with Gasteiger partial charge < -0.3 is 15.1 Å². The molecule has 0 unspecified atom stereocenters. The smallest absolute Gasteiger partial charge is 0.287 e. The highest BCUT2D eigenvalue weighted by Crippen LogP contribution is 1.98. The van der Waals surface area contributed by atoms with Crippen LogP contribution in [0, 0.1) is 0 Å². The molecular formula is C12H19N3O5S. The third kappa shape index (κ3) is 6.41. The van der Waals surface area contributed by atoms with Gasteiger partial charge in [0, 0.05) is 20.1 Å². The molecule has 0 bridgehead atoms. The molecule has 1 aromatic rings. The quantitative estimate of drug-likeness (QED) is 0.623. The average molecular weight is 317 g/mol. The Bertz CT molecular complexity index is 568. The summed E-state index contributed by atoms with van der Waals surface area (Å²) >= 11 is 0. The fourth-order valence-corrected chi connectivity index (χ4v) is 1.87. The summed E-state index contributed by atoms with van der Waals surface area (Å²) in [6.07, 6.45) is 2.98. The zero-order chi connectivity index (χ0) is 15.9. The van der Waals surface area contributed by atoms with Crippen LogP contribution in [-0.2, 0) is 14.8 Å². The van der Waals surface area contributed by atoms with E-state index in [0.29, 0.717) is 19.5 Å². The van der Waals surface area contributed by atoms with Crippen molar-refractivity contribution in [1.29, 1.82) is 0 Å². The van der Waals surface area contributed by atoms with Crippen molar-refractivity contribution < 1.29 is 22.4 Å². The van der Waals surface area contributed by atoms with E-state index in [0.717, 1.165) is 6.26 Å². The van der Waals surface area contributed by atoms with Crippen LogP contribution in [0.4, 0.5) is 0 Å². The summed E-state index contributed by atoms with van der Waals surface area (Å²) in [5.74, 6) is -0.679. The summed E-state index contributed by atoms with van der Waals surface area (Å²) in [6.45, 7) is 0.481. The maximum absolute atomic E-state index is 11.5. The molecule has 118 valence electrons. The zero-order valence-electron chi connectivity index (χ0n) is 12.0. The van der Waals surface area contributed by atoms with Crippen molar-refractivity contribution in [3.05, 3.63) is 24.2 Å². The van der Waals surface area contributed by atoms with E-state index in [2.05, 4.69) is 10.6 Å². The van der Waals surface area contributed by atoms with Gasteiger partial charge >= 0.3 is 0 Å². The molecular weight excluding hydrogens is 298 g/mol. The Morgan fingerprint density at radius 2 is 2.05 bits per heavy atom. The van der Waals surface area contributed by atoms with E-state index in [1.165, 1.54) is 23.7 Å². The lowest BCUT2D eigenvalue weighted by atomic mass is 10.4. The number of carbonyl (C=O) groups is 2. The van der Waals surface area contributed by atoms with Crippen molar-refractivity contribution in [3.63, 3.8) is 0 Å². The van der Waals surface area contributed by atoms with Crippen molar-refractivity contribution in [2.24, 2.45) is 0 Å². The predicted molar refractivity (Wildman–Crippen MR) is 76.1 cm³/mol. The molecule has 0 spiro atoms. The van der Waals surface area contributed by atoms with Crippen LogP contribution < -0.4 is 10.6 Å². The van der Waals surface area contributed by atoms with Gasteiger partial charge in [0.2, 0.25) is 15.9 Å². The summed E-state index contributed by atoms with van der Waals surface area (Å²) in [7, 11) is -1.72. The van der Waals surface area contributed by atoms with Crippen LogP contribution >= 0.6 is 0 Å². The molecule has 0 aliphatic carbocycles. The Morgan fingerprint density at radius 3 is 2.62 bits per heavy atom. The molecule has 1 aromatic heterocycles. The normalized spacial score (nSPS) is 11.4. The topological polar surface area (TPSA) is 109 Å². The molecule has 1 heterocycles. The van der Waals surface area contributed by atoms with E-state index in [1.54, 1.807) is 6.07 Å². The van der Waals surface area contributed by atoms with Crippen molar-refractivity contribution in [1.82, 2.24) is 14.9 Å². The van der Waals surface area contributed by atoms with Crippen LogP contribution in [0.2, 0.25) is 0 Å². The number of nitrogens with zero attached hydrogens (tertiary/aromatic N) is 1. The van der Waals surface area contributed by atoms with Crippen molar-refractivity contribution in [2.75, 3.05) is 32.9 Å². The fraction of sp³-hybridized carbons (Fsp3) is 0.500. The number of sulfonamides is 1. The molecule has 1 rings (SSSR count). The molecule has 2 amide bonds. The summed E-state index contributed by atoms with van der Waals surface area (Å²) in [5.41, 5.74) is 0. The van der Waals surface area contributed by atoms with Crippen molar-refractivity contribution in [3.8, 4) is 0 Å². The summed E-state index contributed by atoms with van der Waals surface area (Å²) < 4.78 is 28.3. The van der Waals surface area contributed by atoms with Gasteiger partial charge in [0.25, 0.3) is 5.91 Å². The van der Waals surface area contributed by atoms with Crippen LogP contribution in [0.3, 0.4) is 0 Å². The van der Waals surface area contributed by atoms with Crippen LogP contribution in [0.15, 0.2) is 22.8 Å². The first-order chi connectivity index (χ1) is 9.80. The highest BCUT2D eigenvalue weighted by Gasteiger charge is 2.11. The minimum atomic E-state index is -3.20. The first-order valence-corrected chi connectivity index (χ1v) is 8.15. The monoisotopic (exact) mass is 317 g/mol. The summed E-state index contributed by atoms with van der Waals surface area (Å²) in [5, 5.41) is 4.99. The number of carbonyl (C=O) groups excluding carboxylic acids is 2. The Morgan fingerprint density at radius 1 is 1.33 bits per heavy atom. The van der Waals surface area contributed by atoms with Crippen LogP contribution in [0.1, 0.15) is 17.0 Å². The van der Waals surface area contributed by atoms with Gasteiger partial charge in [-0.25, -0.2) is 12.7 Å². The molecule has 9 heteroatoms. The minimum Gasteiger partial charge on any atom is -0.459 e. The van der Waals surface area contributed by atoms with E-state index in [4.69, 9.17) is 4.42 Å². The minimum absolute atomic E-state index is 0.137.